The molecule has 1 unspecified atom stereocenters. The molecule has 0 bridgehead atoms. The van der Waals surface area contributed by atoms with Gasteiger partial charge in [-0.25, -0.2) is 4.79 Å². The Morgan fingerprint density at radius 1 is 0.829 bits per heavy atom. The van der Waals surface area contributed by atoms with Crippen LogP contribution in [0, 0.1) is 0 Å². The molecule has 0 aliphatic carbocycles. The predicted octanol–water partition coefficient (Wildman–Crippen LogP) is 6.24. The molecule has 0 N–H and O–H groups in total. The van der Waals surface area contributed by atoms with Crippen LogP contribution < -0.4 is 0 Å². The normalized spacial score (nSPS) is 12.2. The first kappa shape index (κ1) is 25.6. The van der Waals surface area contributed by atoms with Crippen molar-refractivity contribution in [3.05, 3.63) is 102 Å². The molecule has 0 aliphatic heterocycles. The summed E-state index contributed by atoms with van der Waals surface area (Å²) in [4.78, 5) is 38.2. The van der Waals surface area contributed by atoms with Crippen molar-refractivity contribution >= 4 is 23.8 Å². The maximum absolute atomic E-state index is 13.5. The zero-order valence-corrected chi connectivity index (χ0v) is 20.5. The lowest BCUT2D eigenvalue weighted by atomic mass is 9.89. The maximum Gasteiger partial charge on any atom is 0.330 e. The van der Waals surface area contributed by atoms with Crippen molar-refractivity contribution in [2.24, 2.45) is 0 Å². The summed E-state index contributed by atoms with van der Waals surface area (Å²) in [5.74, 6) is -2.48. The Hall–Kier alpha value is -3.99. The number of rotatable bonds is 8. The molecule has 3 rings (SSSR count). The standard InChI is InChI=1S/C30H30O5/c1-5-34-26(31)20-13-21-11-14-25(15-12-21)28(32)27(29(33)35-30(2,3)4)24-18-16-23(17-19-24)22-9-7-6-8-10-22/h6-20,27H,5H2,1-4H3. The summed E-state index contributed by atoms with van der Waals surface area (Å²) in [5, 5.41) is 0. The van der Waals surface area contributed by atoms with Crippen LogP contribution in [0.2, 0.25) is 0 Å². The molecule has 0 radical (unpaired) electrons. The fraction of sp³-hybridized carbons (Fsp3) is 0.233. The van der Waals surface area contributed by atoms with Gasteiger partial charge in [-0.3, -0.25) is 9.59 Å². The van der Waals surface area contributed by atoms with E-state index < -0.39 is 23.5 Å². The summed E-state index contributed by atoms with van der Waals surface area (Å²) in [7, 11) is 0. The number of ether oxygens (including phenoxy) is 2. The van der Waals surface area contributed by atoms with Gasteiger partial charge in [0, 0.05) is 11.6 Å². The molecule has 0 amide bonds. The van der Waals surface area contributed by atoms with Crippen molar-refractivity contribution in [3.63, 3.8) is 0 Å². The lowest BCUT2D eigenvalue weighted by molar-refractivity contribution is -0.155. The van der Waals surface area contributed by atoms with Crippen LogP contribution in [0.25, 0.3) is 17.2 Å². The third-order valence-corrected chi connectivity index (χ3v) is 5.15. The minimum Gasteiger partial charge on any atom is -0.463 e. The zero-order valence-electron chi connectivity index (χ0n) is 20.5. The van der Waals surface area contributed by atoms with Gasteiger partial charge in [-0.15, -0.1) is 0 Å². The van der Waals surface area contributed by atoms with E-state index >= 15 is 0 Å². The summed E-state index contributed by atoms with van der Waals surface area (Å²) in [6, 6.07) is 24.0. The van der Waals surface area contributed by atoms with E-state index in [1.54, 1.807) is 70.2 Å². The van der Waals surface area contributed by atoms with E-state index in [1.165, 1.54) is 6.08 Å². The SMILES string of the molecule is CCOC(=O)C=Cc1ccc(C(=O)C(C(=O)OC(C)(C)C)c2ccc(-c3ccccc3)cc2)cc1. The van der Waals surface area contributed by atoms with Crippen molar-refractivity contribution in [2.45, 2.75) is 39.2 Å². The number of Topliss-reactive ketones (excluding diaryl/α,β-unsaturated/α-hetero) is 1. The smallest absolute Gasteiger partial charge is 0.330 e. The zero-order chi connectivity index (χ0) is 25.4. The van der Waals surface area contributed by atoms with Crippen molar-refractivity contribution < 1.29 is 23.9 Å². The molecule has 3 aromatic rings. The molecule has 0 saturated carbocycles. The van der Waals surface area contributed by atoms with E-state index in [9.17, 15) is 14.4 Å². The number of esters is 2. The van der Waals surface area contributed by atoms with Crippen LogP contribution in [0.4, 0.5) is 0 Å². The Labute approximate surface area is 206 Å². The van der Waals surface area contributed by atoms with Crippen LogP contribution >= 0.6 is 0 Å². The van der Waals surface area contributed by atoms with Gasteiger partial charge >= 0.3 is 11.9 Å². The van der Waals surface area contributed by atoms with Crippen LogP contribution in [-0.2, 0) is 19.1 Å². The first-order valence-corrected chi connectivity index (χ1v) is 11.6. The first-order valence-electron chi connectivity index (χ1n) is 11.6. The minimum absolute atomic E-state index is 0.301. The minimum atomic E-state index is -1.10. The molecule has 0 fully saturated rings. The van der Waals surface area contributed by atoms with Gasteiger partial charge < -0.3 is 9.47 Å². The van der Waals surface area contributed by atoms with Crippen LogP contribution in [0.3, 0.4) is 0 Å². The quantitative estimate of drug-likeness (QED) is 0.169. The molecule has 1 atom stereocenters. The van der Waals surface area contributed by atoms with Gasteiger partial charge in [0.1, 0.15) is 11.5 Å². The van der Waals surface area contributed by atoms with E-state index in [1.807, 2.05) is 42.5 Å². The molecule has 3 aromatic carbocycles. The second-order valence-corrected chi connectivity index (χ2v) is 9.03. The van der Waals surface area contributed by atoms with Gasteiger partial charge in [0.25, 0.3) is 0 Å². The van der Waals surface area contributed by atoms with Crippen molar-refractivity contribution in [2.75, 3.05) is 6.61 Å². The lowest BCUT2D eigenvalue weighted by Crippen LogP contribution is -2.31. The van der Waals surface area contributed by atoms with E-state index in [0.717, 1.165) is 16.7 Å². The second kappa shape index (κ2) is 11.4. The number of hydrogen-bond donors (Lipinski definition) is 0. The van der Waals surface area contributed by atoms with Gasteiger partial charge in [-0.05, 0) is 56.0 Å². The molecule has 0 heterocycles. The van der Waals surface area contributed by atoms with E-state index in [2.05, 4.69) is 0 Å². The van der Waals surface area contributed by atoms with Crippen LogP contribution in [-0.4, -0.2) is 29.9 Å². The maximum atomic E-state index is 13.5. The summed E-state index contributed by atoms with van der Waals surface area (Å²) in [5.41, 5.74) is 2.97. The highest BCUT2D eigenvalue weighted by Gasteiger charge is 2.33. The lowest BCUT2D eigenvalue weighted by Gasteiger charge is -2.24. The highest BCUT2D eigenvalue weighted by atomic mass is 16.6. The molecule has 0 aromatic heterocycles. The van der Waals surface area contributed by atoms with E-state index in [-0.39, 0.29) is 5.78 Å². The summed E-state index contributed by atoms with van der Waals surface area (Å²) >= 11 is 0. The average molecular weight is 471 g/mol. The molecule has 0 saturated heterocycles. The topological polar surface area (TPSA) is 69.7 Å². The van der Waals surface area contributed by atoms with Gasteiger partial charge in [0.05, 0.1) is 6.61 Å². The summed E-state index contributed by atoms with van der Waals surface area (Å²) in [6.45, 7) is 7.36. The summed E-state index contributed by atoms with van der Waals surface area (Å²) < 4.78 is 10.5. The molecule has 180 valence electrons. The van der Waals surface area contributed by atoms with Crippen LogP contribution in [0.5, 0.6) is 0 Å². The van der Waals surface area contributed by atoms with Crippen molar-refractivity contribution in [1.29, 1.82) is 0 Å². The van der Waals surface area contributed by atoms with Gasteiger partial charge in [0.2, 0.25) is 0 Å². The Morgan fingerprint density at radius 2 is 1.43 bits per heavy atom. The fourth-order valence-corrected chi connectivity index (χ4v) is 3.53. The van der Waals surface area contributed by atoms with E-state index in [4.69, 9.17) is 9.47 Å². The number of hydrogen-bond acceptors (Lipinski definition) is 5. The molecule has 5 heteroatoms. The van der Waals surface area contributed by atoms with Crippen LogP contribution in [0.1, 0.15) is 55.1 Å². The largest absolute Gasteiger partial charge is 0.463 e. The molecule has 5 nitrogen and oxygen atoms in total. The van der Waals surface area contributed by atoms with Crippen molar-refractivity contribution in [1.82, 2.24) is 0 Å². The second-order valence-electron chi connectivity index (χ2n) is 9.03. The molecule has 35 heavy (non-hydrogen) atoms. The fourth-order valence-electron chi connectivity index (χ4n) is 3.53. The summed E-state index contributed by atoms with van der Waals surface area (Å²) in [6.07, 6.45) is 2.94. The first-order chi connectivity index (χ1) is 16.7. The predicted molar refractivity (Wildman–Crippen MR) is 137 cm³/mol. The van der Waals surface area contributed by atoms with E-state index in [0.29, 0.717) is 17.7 Å². The number of ketones is 1. The third-order valence-electron chi connectivity index (χ3n) is 5.15. The number of benzene rings is 3. The molecular formula is C30H30O5. The van der Waals surface area contributed by atoms with Gasteiger partial charge in [-0.1, -0.05) is 78.9 Å². The number of carbonyl (C=O) groups is 3. The highest BCUT2D eigenvalue weighted by Crippen LogP contribution is 2.28. The van der Waals surface area contributed by atoms with Crippen LogP contribution in [0.15, 0.2) is 84.9 Å². The molecule has 0 spiro atoms. The molecular weight excluding hydrogens is 440 g/mol. The monoisotopic (exact) mass is 470 g/mol. The third kappa shape index (κ3) is 7.24. The van der Waals surface area contributed by atoms with Gasteiger partial charge in [0.15, 0.2) is 5.78 Å². The highest BCUT2D eigenvalue weighted by molar-refractivity contribution is 6.13. The Kier molecular flexibility index (Phi) is 8.37. The Morgan fingerprint density at radius 3 is 2.00 bits per heavy atom. The van der Waals surface area contributed by atoms with Gasteiger partial charge in [-0.2, -0.15) is 0 Å². The Bertz CT molecular complexity index is 1180. The average Bonchev–Trinajstić information content (AvgIpc) is 2.83. The molecule has 0 aliphatic rings. The number of carbonyl (C=O) groups excluding carboxylic acids is 3. The van der Waals surface area contributed by atoms with Crippen molar-refractivity contribution in [3.8, 4) is 11.1 Å². The Balaban J connectivity index is 1.89.